The molecule has 2 atom stereocenters. The van der Waals surface area contributed by atoms with Crippen molar-refractivity contribution in [1.82, 2.24) is 14.7 Å². The van der Waals surface area contributed by atoms with Gasteiger partial charge in [-0.3, -0.25) is 0 Å². The largest absolute Gasteiger partial charge is 0.475 e. The van der Waals surface area contributed by atoms with Crippen molar-refractivity contribution in [2.45, 2.75) is 17.5 Å². The van der Waals surface area contributed by atoms with Crippen molar-refractivity contribution in [3.8, 4) is 5.88 Å². The Hall–Kier alpha value is -0.920. The van der Waals surface area contributed by atoms with Crippen molar-refractivity contribution in [3.05, 3.63) is 6.20 Å². The fourth-order valence-electron chi connectivity index (χ4n) is 1.49. The van der Waals surface area contributed by atoms with E-state index in [0.29, 0.717) is 19.0 Å². The maximum absolute atomic E-state index is 10.9. The molecule has 0 saturated heterocycles. The second-order valence-electron chi connectivity index (χ2n) is 3.67. The Morgan fingerprint density at radius 3 is 3.07 bits per heavy atom. The van der Waals surface area contributed by atoms with Gasteiger partial charge in [-0.25, -0.2) is 8.89 Å². The molecule has 7 heteroatoms. The van der Waals surface area contributed by atoms with Crippen LogP contribution in [0, 0.1) is 0 Å². The summed E-state index contributed by atoms with van der Waals surface area (Å²) < 4.78 is 26.9. The summed E-state index contributed by atoms with van der Waals surface area (Å²) in [6, 6.07) is 0.248. The molecule has 0 radical (unpaired) electrons. The molecular formula is C8H13N3O3S. The monoisotopic (exact) mass is 231 g/mol. The molecule has 1 N–H and O–H groups in total. The minimum atomic E-state index is -2.03. The van der Waals surface area contributed by atoms with Crippen LogP contribution in [0.1, 0.15) is 0 Å². The van der Waals surface area contributed by atoms with Gasteiger partial charge in [0.2, 0.25) is 5.88 Å². The maximum Gasteiger partial charge on any atom is 0.231 e. The summed E-state index contributed by atoms with van der Waals surface area (Å²) in [5, 5.41) is 4.02. The molecule has 0 saturated carbocycles. The summed E-state index contributed by atoms with van der Waals surface area (Å²) in [5.74, 6) is 0.411. The second-order valence-corrected chi connectivity index (χ2v) is 4.61. The van der Waals surface area contributed by atoms with Crippen molar-refractivity contribution in [3.63, 3.8) is 0 Å². The lowest BCUT2D eigenvalue weighted by Crippen LogP contribution is -2.41. The van der Waals surface area contributed by atoms with Gasteiger partial charge in [0.15, 0.2) is 11.1 Å². The van der Waals surface area contributed by atoms with Gasteiger partial charge in [0.25, 0.3) is 0 Å². The highest BCUT2D eigenvalue weighted by Crippen LogP contribution is 2.25. The van der Waals surface area contributed by atoms with Crippen LogP contribution in [0.2, 0.25) is 0 Å². The van der Waals surface area contributed by atoms with E-state index in [2.05, 4.69) is 5.10 Å². The lowest BCUT2D eigenvalue weighted by molar-refractivity contribution is 0.117. The highest BCUT2D eigenvalue weighted by Gasteiger charge is 2.26. The molecule has 2 unspecified atom stereocenters. The van der Waals surface area contributed by atoms with Gasteiger partial charge in [0.1, 0.15) is 11.5 Å². The number of likely N-dealkylation sites (N-methyl/N-ethyl adjacent to an activating group) is 1. The standard InChI is InChI=1S/C8H13N3O3S/c1-10(2)6-4-11-8(14-5-6)7(3-9-11)15(12)13/h3,6H,4-5H2,1-2H3,(H,12,13). The van der Waals surface area contributed by atoms with Crippen LogP contribution in [0.15, 0.2) is 11.1 Å². The summed E-state index contributed by atoms with van der Waals surface area (Å²) in [7, 11) is 3.93. The Morgan fingerprint density at radius 2 is 2.47 bits per heavy atom. The van der Waals surface area contributed by atoms with Gasteiger partial charge in [0.05, 0.1) is 18.8 Å². The van der Waals surface area contributed by atoms with Gasteiger partial charge < -0.3 is 14.2 Å². The van der Waals surface area contributed by atoms with E-state index in [1.165, 1.54) is 6.20 Å². The number of nitrogens with zero attached hydrogens (tertiary/aromatic N) is 3. The SMILES string of the molecule is CN(C)C1COc2c(S(=O)O)cnn2C1. The quantitative estimate of drug-likeness (QED) is 0.713. The zero-order valence-electron chi connectivity index (χ0n) is 8.58. The van der Waals surface area contributed by atoms with Crippen molar-refractivity contribution in [2.24, 2.45) is 0 Å². The van der Waals surface area contributed by atoms with Crippen LogP contribution in [0.4, 0.5) is 0 Å². The predicted molar refractivity (Wildman–Crippen MR) is 54.2 cm³/mol. The van der Waals surface area contributed by atoms with E-state index in [0.717, 1.165) is 0 Å². The third-order valence-corrected chi connectivity index (χ3v) is 3.13. The van der Waals surface area contributed by atoms with Crippen LogP contribution in [0.5, 0.6) is 5.88 Å². The van der Waals surface area contributed by atoms with Crippen molar-refractivity contribution >= 4 is 11.1 Å². The van der Waals surface area contributed by atoms with E-state index in [9.17, 15) is 4.21 Å². The third-order valence-electron chi connectivity index (χ3n) is 2.47. The van der Waals surface area contributed by atoms with Crippen LogP contribution >= 0.6 is 0 Å². The minimum absolute atomic E-state index is 0.243. The van der Waals surface area contributed by atoms with E-state index in [1.807, 2.05) is 19.0 Å². The van der Waals surface area contributed by atoms with Gasteiger partial charge in [-0.05, 0) is 14.1 Å². The first kappa shape index (κ1) is 10.6. The molecule has 0 amide bonds. The fourth-order valence-corrected chi connectivity index (χ4v) is 1.94. The molecule has 2 rings (SSSR count). The second kappa shape index (κ2) is 3.92. The van der Waals surface area contributed by atoms with Crippen LogP contribution in [0.25, 0.3) is 0 Å². The molecule has 15 heavy (non-hydrogen) atoms. The summed E-state index contributed by atoms with van der Waals surface area (Å²) in [4.78, 5) is 2.28. The van der Waals surface area contributed by atoms with E-state index in [-0.39, 0.29) is 10.9 Å². The molecule has 1 aliphatic rings. The Balaban J connectivity index is 2.26. The molecule has 0 aliphatic carbocycles. The highest BCUT2D eigenvalue weighted by atomic mass is 32.2. The van der Waals surface area contributed by atoms with Gasteiger partial charge in [0, 0.05) is 0 Å². The molecule has 2 heterocycles. The van der Waals surface area contributed by atoms with Crippen molar-refractivity contribution in [2.75, 3.05) is 20.7 Å². The number of hydrogen-bond donors (Lipinski definition) is 1. The summed E-state index contributed by atoms with van der Waals surface area (Å²) in [5.41, 5.74) is 0. The van der Waals surface area contributed by atoms with E-state index < -0.39 is 11.1 Å². The molecule has 1 aromatic heterocycles. The van der Waals surface area contributed by atoms with Gasteiger partial charge in [-0.1, -0.05) is 0 Å². The molecular weight excluding hydrogens is 218 g/mol. The normalized spacial score (nSPS) is 22.3. The summed E-state index contributed by atoms with van der Waals surface area (Å²) in [6.07, 6.45) is 1.38. The first-order valence-electron chi connectivity index (χ1n) is 4.55. The number of aromatic nitrogens is 2. The zero-order valence-corrected chi connectivity index (χ0v) is 9.40. The van der Waals surface area contributed by atoms with Gasteiger partial charge in [-0.2, -0.15) is 5.10 Å². The first-order chi connectivity index (χ1) is 7.09. The average molecular weight is 231 g/mol. The van der Waals surface area contributed by atoms with E-state index in [4.69, 9.17) is 9.29 Å². The first-order valence-corrected chi connectivity index (χ1v) is 5.66. The van der Waals surface area contributed by atoms with Gasteiger partial charge >= 0.3 is 0 Å². The minimum Gasteiger partial charge on any atom is -0.475 e. The molecule has 0 spiro atoms. The Kier molecular flexibility index (Phi) is 2.76. The van der Waals surface area contributed by atoms with E-state index in [1.54, 1.807) is 4.68 Å². The molecule has 6 nitrogen and oxygen atoms in total. The number of hydrogen-bond acceptors (Lipinski definition) is 4. The number of fused-ring (bicyclic) bond motifs is 1. The lowest BCUT2D eigenvalue weighted by atomic mass is 10.3. The predicted octanol–water partition coefficient (Wildman–Crippen LogP) is -0.214. The molecule has 0 aromatic carbocycles. The number of ether oxygens (including phenoxy) is 1. The molecule has 1 aliphatic heterocycles. The van der Waals surface area contributed by atoms with Crippen LogP contribution in [-0.4, -0.2) is 50.2 Å². The molecule has 0 bridgehead atoms. The average Bonchev–Trinajstić information content (AvgIpc) is 2.59. The molecule has 1 aromatic rings. The highest BCUT2D eigenvalue weighted by molar-refractivity contribution is 7.79. The zero-order chi connectivity index (χ0) is 11.0. The van der Waals surface area contributed by atoms with Crippen LogP contribution < -0.4 is 4.74 Å². The van der Waals surface area contributed by atoms with Crippen LogP contribution in [0.3, 0.4) is 0 Å². The molecule has 0 fully saturated rings. The Morgan fingerprint density at radius 1 is 1.73 bits per heavy atom. The summed E-state index contributed by atoms with van der Waals surface area (Å²) in [6.45, 7) is 1.20. The summed E-state index contributed by atoms with van der Waals surface area (Å²) >= 11 is -2.03. The van der Waals surface area contributed by atoms with Crippen molar-refractivity contribution in [1.29, 1.82) is 0 Å². The van der Waals surface area contributed by atoms with Gasteiger partial charge in [-0.15, -0.1) is 0 Å². The van der Waals surface area contributed by atoms with E-state index >= 15 is 0 Å². The number of rotatable bonds is 2. The Labute approximate surface area is 90.1 Å². The maximum atomic E-state index is 10.9. The lowest BCUT2D eigenvalue weighted by Gasteiger charge is -2.29. The fraction of sp³-hybridized carbons (Fsp3) is 0.625. The van der Waals surface area contributed by atoms with Crippen LogP contribution in [-0.2, 0) is 17.6 Å². The van der Waals surface area contributed by atoms with Crippen molar-refractivity contribution < 1.29 is 13.5 Å². The third kappa shape index (κ3) is 1.90. The molecule has 84 valence electrons. The smallest absolute Gasteiger partial charge is 0.231 e. The topological polar surface area (TPSA) is 67.6 Å². The Bertz CT molecular complexity index is 390.